The first kappa shape index (κ1) is 11.5. The van der Waals surface area contributed by atoms with Gasteiger partial charge in [0.2, 0.25) is 0 Å². The maximum Gasteiger partial charge on any atom is 0.134 e. The standard InChI is InChI=1S/C9H8BrClFNO/c1-5-7(10)3-8(12)6(9(5)11)4-13-14-2/h3-4H,1-2H3/b13-4+. The molecule has 0 bridgehead atoms. The lowest BCUT2D eigenvalue weighted by Gasteiger charge is -2.05. The van der Waals surface area contributed by atoms with Gasteiger partial charge in [0.15, 0.2) is 0 Å². The fourth-order valence-electron chi connectivity index (χ4n) is 0.933. The fraction of sp³-hybridized carbons (Fsp3) is 0.222. The Kier molecular flexibility index (Phi) is 3.89. The van der Waals surface area contributed by atoms with Crippen molar-refractivity contribution in [1.82, 2.24) is 0 Å². The zero-order valence-corrected chi connectivity index (χ0v) is 9.99. The van der Waals surface area contributed by atoms with Crippen molar-refractivity contribution in [1.29, 1.82) is 0 Å². The molecule has 1 aromatic carbocycles. The van der Waals surface area contributed by atoms with Crippen LogP contribution in [0.1, 0.15) is 11.1 Å². The van der Waals surface area contributed by atoms with Gasteiger partial charge in [0, 0.05) is 4.47 Å². The number of rotatable bonds is 2. The van der Waals surface area contributed by atoms with E-state index in [2.05, 4.69) is 25.9 Å². The van der Waals surface area contributed by atoms with Gasteiger partial charge in [-0.3, -0.25) is 0 Å². The second-order valence-electron chi connectivity index (χ2n) is 2.61. The van der Waals surface area contributed by atoms with Crippen LogP contribution >= 0.6 is 27.5 Å². The van der Waals surface area contributed by atoms with Crippen LogP contribution in [0.4, 0.5) is 4.39 Å². The Morgan fingerprint density at radius 3 is 2.86 bits per heavy atom. The summed E-state index contributed by atoms with van der Waals surface area (Å²) in [5, 5.41) is 3.80. The van der Waals surface area contributed by atoms with Crippen LogP contribution in [-0.4, -0.2) is 13.3 Å². The van der Waals surface area contributed by atoms with E-state index < -0.39 is 5.82 Å². The second-order valence-corrected chi connectivity index (χ2v) is 3.84. The summed E-state index contributed by atoms with van der Waals surface area (Å²) in [7, 11) is 1.38. The average Bonchev–Trinajstić information content (AvgIpc) is 2.14. The molecule has 2 nitrogen and oxygen atoms in total. The molecule has 1 aromatic rings. The summed E-state index contributed by atoms with van der Waals surface area (Å²) in [4.78, 5) is 4.46. The highest BCUT2D eigenvalue weighted by Gasteiger charge is 2.11. The van der Waals surface area contributed by atoms with Gasteiger partial charge in [0.25, 0.3) is 0 Å². The van der Waals surface area contributed by atoms with Crippen LogP contribution in [0.3, 0.4) is 0 Å². The van der Waals surface area contributed by atoms with Gasteiger partial charge in [0.05, 0.1) is 16.8 Å². The average molecular weight is 281 g/mol. The van der Waals surface area contributed by atoms with Gasteiger partial charge in [-0.25, -0.2) is 4.39 Å². The molecule has 0 heterocycles. The number of hydrogen-bond acceptors (Lipinski definition) is 2. The summed E-state index contributed by atoms with van der Waals surface area (Å²) >= 11 is 9.12. The Morgan fingerprint density at radius 1 is 1.64 bits per heavy atom. The molecule has 0 aliphatic heterocycles. The Labute approximate surface area is 94.8 Å². The predicted molar refractivity (Wildman–Crippen MR) is 58.5 cm³/mol. The normalized spacial score (nSPS) is 10.9. The molecule has 0 fully saturated rings. The summed E-state index contributed by atoms with van der Waals surface area (Å²) in [6.45, 7) is 1.79. The molecular weight excluding hydrogens is 272 g/mol. The molecule has 0 N–H and O–H groups in total. The van der Waals surface area contributed by atoms with Crippen molar-refractivity contribution in [2.24, 2.45) is 5.16 Å². The van der Waals surface area contributed by atoms with Gasteiger partial charge in [-0.2, -0.15) is 0 Å². The number of oxime groups is 1. The molecule has 0 unspecified atom stereocenters. The molecule has 0 atom stereocenters. The van der Waals surface area contributed by atoms with Gasteiger partial charge in [-0.1, -0.05) is 32.7 Å². The van der Waals surface area contributed by atoms with E-state index in [0.717, 1.165) is 5.56 Å². The molecule has 0 spiro atoms. The molecule has 5 heteroatoms. The van der Waals surface area contributed by atoms with Gasteiger partial charge < -0.3 is 4.84 Å². The van der Waals surface area contributed by atoms with E-state index in [4.69, 9.17) is 11.6 Å². The maximum absolute atomic E-state index is 13.4. The molecule has 0 aliphatic carbocycles. The minimum atomic E-state index is -0.437. The van der Waals surface area contributed by atoms with E-state index in [1.54, 1.807) is 6.92 Å². The number of nitrogens with zero attached hydrogens (tertiary/aromatic N) is 1. The van der Waals surface area contributed by atoms with Gasteiger partial charge in [-0.05, 0) is 18.6 Å². The van der Waals surface area contributed by atoms with Crippen molar-refractivity contribution in [3.05, 3.63) is 32.5 Å². The van der Waals surface area contributed by atoms with E-state index in [1.165, 1.54) is 19.4 Å². The van der Waals surface area contributed by atoms with E-state index in [1.807, 2.05) is 0 Å². The Bertz CT molecular complexity index is 382. The molecule has 0 saturated heterocycles. The summed E-state index contributed by atoms with van der Waals surface area (Å²) in [6, 6.07) is 1.35. The zero-order valence-electron chi connectivity index (χ0n) is 7.64. The van der Waals surface area contributed by atoms with Crippen molar-refractivity contribution < 1.29 is 9.23 Å². The van der Waals surface area contributed by atoms with E-state index >= 15 is 0 Å². The van der Waals surface area contributed by atoms with Gasteiger partial charge >= 0.3 is 0 Å². The third-order valence-corrected chi connectivity index (χ3v) is 3.03. The van der Waals surface area contributed by atoms with Crippen molar-refractivity contribution in [2.75, 3.05) is 7.11 Å². The topological polar surface area (TPSA) is 21.6 Å². The minimum Gasteiger partial charge on any atom is -0.399 e. The van der Waals surface area contributed by atoms with Crippen molar-refractivity contribution >= 4 is 33.7 Å². The van der Waals surface area contributed by atoms with Crippen LogP contribution in [0.2, 0.25) is 5.02 Å². The SMILES string of the molecule is CO/N=C/c1c(F)cc(Br)c(C)c1Cl. The van der Waals surface area contributed by atoms with E-state index in [9.17, 15) is 4.39 Å². The molecule has 0 aliphatic rings. The minimum absolute atomic E-state index is 0.231. The summed E-state index contributed by atoms with van der Waals surface area (Å²) in [5.41, 5.74) is 1.000. The molecule has 0 amide bonds. The van der Waals surface area contributed by atoms with Gasteiger partial charge in [0.1, 0.15) is 12.9 Å². The molecule has 14 heavy (non-hydrogen) atoms. The smallest absolute Gasteiger partial charge is 0.134 e. The Morgan fingerprint density at radius 2 is 2.29 bits per heavy atom. The first-order valence-corrected chi connectivity index (χ1v) is 4.95. The second kappa shape index (κ2) is 4.75. The van der Waals surface area contributed by atoms with E-state index in [0.29, 0.717) is 9.50 Å². The predicted octanol–water partition coefficient (Wildman–Crippen LogP) is 3.53. The van der Waals surface area contributed by atoms with Crippen molar-refractivity contribution in [2.45, 2.75) is 6.92 Å². The highest BCUT2D eigenvalue weighted by molar-refractivity contribution is 9.10. The van der Waals surface area contributed by atoms with Crippen molar-refractivity contribution in [3.63, 3.8) is 0 Å². The molecular formula is C9H8BrClFNO. The third-order valence-electron chi connectivity index (χ3n) is 1.72. The molecule has 1 rings (SSSR count). The number of benzene rings is 1. The third kappa shape index (κ3) is 2.25. The fourth-order valence-corrected chi connectivity index (χ4v) is 1.69. The number of halogens is 3. The quantitative estimate of drug-likeness (QED) is 0.600. The zero-order chi connectivity index (χ0) is 10.7. The summed E-state index contributed by atoms with van der Waals surface area (Å²) < 4.78 is 14.0. The maximum atomic E-state index is 13.4. The van der Waals surface area contributed by atoms with Crippen LogP contribution in [-0.2, 0) is 4.84 Å². The van der Waals surface area contributed by atoms with Crippen LogP contribution in [0.5, 0.6) is 0 Å². The van der Waals surface area contributed by atoms with Crippen LogP contribution in [0.25, 0.3) is 0 Å². The lowest BCUT2D eigenvalue weighted by atomic mass is 10.1. The lowest BCUT2D eigenvalue weighted by molar-refractivity contribution is 0.215. The lowest BCUT2D eigenvalue weighted by Crippen LogP contribution is -1.94. The first-order valence-electron chi connectivity index (χ1n) is 3.78. The van der Waals surface area contributed by atoms with Crippen LogP contribution in [0.15, 0.2) is 15.7 Å². The molecule has 0 saturated carbocycles. The Balaban J connectivity index is 3.29. The summed E-state index contributed by atoms with van der Waals surface area (Å²) in [6.07, 6.45) is 1.25. The first-order chi connectivity index (χ1) is 6.57. The number of hydrogen-bond donors (Lipinski definition) is 0. The molecule has 0 radical (unpaired) electrons. The molecule has 0 aromatic heterocycles. The summed E-state index contributed by atoms with van der Waals surface area (Å²) in [5.74, 6) is -0.437. The van der Waals surface area contributed by atoms with Crippen LogP contribution in [0, 0.1) is 12.7 Å². The van der Waals surface area contributed by atoms with Gasteiger partial charge in [-0.15, -0.1) is 0 Å². The largest absolute Gasteiger partial charge is 0.399 e. The molecule has 76 valence electrons. The van der Waals surface area contributed by atoms with Crippen molar-refractivity contribution in [3.8, 4) is 0 Å². The monoisotopic (exact) mass is 279 g/mol. The highest BCUT2D eigenvalue weighted by Crippen LogP contribution is 2.28. The Hall–Kier alpha value is -0.610. The van der Waals surface area contributed by atoms with E-state index in [-0.39, 0.29) is 5.56 Å². The highest BCUT2D eigenvalue weighted by atomic mass is 79.9. The van der Waals surface area contributed by atoms with Crippen LogP contribution < -0.4 is 0 Å².